The summed E-state index contributed by atoms with van der Waals surface area (Å²) in [7, 11) is 0. The summed E-state index contributed by atoms with van der Waals surface area (Å²) in [5.41, 5.74) is 14.0. The first-order chi connectivity index (χ1) is 24.0. The van der Waals surface area contributed by atoms with E-state index < -0.39 is 5.41 Å². The van der Waals surface area contributed by atoms with E-state index in [-0.39, 0.29) is 5.41 Å². The lowest BCUT2D eigenvalue weighted by atomic mass is 9.54. The van der Waals surface area contributed by atoms with Crippen molar-refractivity contribution < 1.29 is 0 Å². The summed E-state index contributed by atoms with van der Waals surface area (Å²) >= 11 is 1.89. The Morgan fingerprint density at radius 3 is 1.76 bits per heavy atom. The zero-order valence-corrected chi connectivity index (χ0v) is 28.1. The molecule has 49 heavy (non-hydrogen) atoms. The second kappa shape index (κ2) is 10.5. The highest BCUT2D eigenvalue weighted by Gasteiger charge is 2.52. The van der Waals surface area contributed by atoms with Crippen LogP contribution in [0.25, 0.3) is 44.2 Å². The molecule has 0 saturated heterocycles. The van der Waals surface area contributed by atoms with Gasteiger partial charge in [-0.1, -0.05) is 147 Å². The number of hydrogen-bond donors (Lipinski definition) is 0. The van der Waals surface area contributed by atoms with Crippen LogP contribution in [0.15, 0.2) is 168 Å². The molecule has 3 heteroatoms. The van der Waals surface area contributed by atoms with E-state index in [9.17, 15) is 0 Å². The van der Waals surface area contributed by atoms with Gasteiger partial charge in [0.05, 0.1) is 22.1 Å². The highest BCUT2D eigenvalue weighted by Crippen LogP contribution is 2.61. The lowest BCUT2D eigenvalue weighted by Crippen LogP contribution is -2.43. The molecule has 0 radical (unpaired) electrons. The lowest BCUT2D eigenvalue weighted by molar-refractivity contribution is 0.549. The van der Waals surface area contributed by atoms with E-state index in [0.717, 1.165) is 33.1 Å². The van der Waals surface area contributed by atoms with Gasteiger partial charge in [-0.3, -0.25) is 4.98 Å². The zero-order chi connectivity index (χ0) is 32.7. The van der Waals surface area contributed by atoms with Gasteiger partial charge in [0.25, 0.3) is 0 Å². The van der Waals surface area contributed by atoms with E-state index >= 15 is 0 Å². The summed E-state index contributed by atoms with van der Waals surface area (Å²) < 4.78 is 0. The SMILES string of the molecule is CC1(C)c2ccccc2C2(c3ccccc3Sc3ccccc32)c2cc(-c3ccc(-c4ccc5ccc6cccnc6c5n4)cc3)ccc21. The predicted octanol–water partition coefficient (Wildman–Crippen LogP) is 11.6. The molecule has 6 aromatic carbocycles. The molecule has 232 valence electrons. The Bertz CT molecular complexity index is 2570. The van der Waals surface area contributed by atoms with E-state index in [4.69, 9.17) is 4.98 Å². The van der Waals surface area contributed by atoms with Gasteiger partial charge in [-0.2, -0.15) is 0 Å². The molecular formula is C46H32N2S. The Balaban J connectivity index is 1.16. The van der Waals surface area contributed by atoms with E-state index in [2.05, 4.69) is 164 Å². The molecule has 0 fully saturated rings. The molecular weight excluding hydrogens is 613 g/mol. The second-order valence-electron chi connectivity index (χ2n) is 13.8. The number of nitrogens with zero attached hydrogens (tertiary/aromatic N) is 2. The molecule has 1 aliphatic heterocycles. The Morgan fingerprint density at radius 2 is 1.02 bits per heavy atom. The van der Waals surface area contributed by atoms with E-state index in [0.29, 0.717) is 0 Å². The van der Waals surface area contributed by atoms with Crippen LogP contribution in [0.1, 0.15) is 47.2 Å². The van der Waals surface area contributed by atoms with Crippen LogP contribution in [-0.2, 0) is 10.8 Å². The summed E-state index contributed by atoms with van der Waals surface area (Å²) in [5.74, 6) is 0. The van der Waals surface area contributed by atoms with Gasteiger partial charge in [-0.25, -0.2) is 4.98 Å². The van der Waals surface area contributed by atoms with E-state index in [1.807, 2.05) is 24.0 Å². The topological polar surface area (TPSA) is 25.8 Å². The highest BCUT2D eigenvalue weighted by atomic mass is 32.2. The molecule has 1 spiro atoms. The number of rotatable bonds is 2. The molecule has 3 heterocycles. The molecule has 8 aromatic rings. The number of hydrogen-bond acceptors (Lipinski definition) is 3. The van der Waals surface area contributed by atoms with Crippen molar-refractivity contribution in [3.05, 3.63) is 191 Å². The number of fused-ring (bicyclic) bond motifs is 11. The predicted molar refractivity (Wildman–Crippen MR) is 202 cm³/mol. The first-order valence-corrected chi connectivity index (χ1v) is 17.7. The van der Waals surface area contributed by atoms with E-state index in [1.54, 1.807) is 0 Å². The summed E-state index contributed by atoms with van der Waals surface area (Å²) in [4.78, 5) is 12.4. The fourth-order valence-electron chi connectivity index (χ4n) is 8.52. The standard InChI is InChI=1S/C46H32N2S/c1-45(2)34-11-3-4-12-36(34)46(37-13-5-7-15-41(37)49-42-16-8-6-14-38(42)46)39-28-33(23-25-35(39)45)29-17-19-30(20-18-29)40-26-24-32-22-21-31-10-9-27-47-43(31)44(32)48-40/h3-28H,1-2H3. The highest BCUT2D eigenvalue weighted by molar-refractivity contribution is 7.99. The number of benzene rings is 6. The van der Waals surface area contributed by atoms with Gasteiger partial charge >= 0.3 is 0 Å². The zero-order valence-electron chi connectivity index (χ0n) is 27.3. The largest absolute Gasteiger partial charge is 0.254 e. The molecule has 0 bridgehead atoms. The third-order valence-corrected chi connectivity index (χ3v) is 12.0. The first-order valence-electron chi connectivity index (χ1n) is 16.9. The Kier molecular flexibility index (Phi) is 6.10. The van der Waals surface area contributed by atoms with Crippen LogP contribution in [-0.4, -0.2) is 9.97 Å². The van der Waals surface area contributed by atoms with Crippen LogP contribution in [0.5, 0.6) is 0 Å². The van der Waals surface area contributed by atoms with Crippen LogP contribution in [0.2, 0.25) is 0 Å². The van der Waals surface area contributed by atoms with Crippen LogP contribution < -0.4 is 0 Å². The molecule has 1 aliphatic carbocycles. The van der Waals surface area contributed by atoms with Gasteiger partial charge < -0.3 is 0 Å². The average Bonchev–Trinajstić information content (AvgIpc) is 3.16. The van der Waals surface area contributed by atoms with Gasteiger partial charge in [-0.05, 0) is 74.8 Å². The molecule has 2 nitrogen and oxygen atoms in total. The van der Waals surface area contributed by atoms with Crippen LogP contribution in [0.4, 0.5) is 0 Å². The molecule has 0 amide bonds. The summed E-state index contributed by atoms with van der Waals surface area (Å²) in [5, 5.41) is 2.20. The van der Waals surface area contributed by atoms with Crippen molar-refractivity contribution in [2.75, 3.05) is 0 Å². The maximum absolute atomic E-state index is 5.11. The van der Waals surface area contributed by atoms with Crippen LogP contribution >= 0.6 is 11.8 Å². The molecule has 10 rings (SSSR count). The molecule has 0 unspecified atom stereocenters. The first kappa shape index (κ1) is 28.5. The third-order valence-electron chi connectivity index (χ3n) is 10.8. The third kappa shape index (κ3) is 4.03. The number of pyridine rings is 2. The van der Waals surface area contributed by atoms with Gasteiger partial charge in [0.15, 0.2) is 0 Å². The van der Waals surface area contributed by atoms with Gasteiger partial charge in [-0.15, -0.1) is 0 Å². The van der Waals surface area contributed by atoms with Crippen molar-refractivity contribution in [3.63, 3.8) is 0 Å². The lowest BCUT2D eigenvalue weighted by Gasteiger charge is -2.50. The average molecular weight is 645 g/mol. The van der Waals surface area contributed by atoms with Crippen molar-refractivity contribution >= 4 is 33.6 Å². The van der Waals surface area contributed by atoms with Crippen molar-refractivity contribution in [3.8, 4) is 22.4 Å². The minimum absolute atomic E-state index is 0.158. The monoisotopic (exact) mass is 644 g/mol. The Labute approximate surface area is 290 Å². The minimum atomic E-state index is -0.429. The molecule has 0 atom stereocenters. The smallest absolute Gasteiger partial charge is 0.0972 e. The molecule has 2 aliphatic rings. The van der Waals surface area contributed by atoms with Gasteiger partial charge in [0, 0.05) is 37.7 Å². The van der Waals surface area contributed by atoms with Crippen molar-refractivity contribution in [1.29, 1.82) is 0 Å². The maximum Gasteiger partial charge on any atom is 0.0972 e. The quantitative estimate of drug-likeness (QED) is 0.175. The normalized spacial score (nSPS) is 15.0. The van der Waals surface area contributed by atoms with Crippen molar-refractivity contribution in [1.82, 2.24) is 9.97 Å². The van der Waals surface area contributed by atoms with E-state index in [1.165, 1.54) is 54.3 Å². The minimum Gasteiger partial charge on any atom is -0.254 e. The van der Waals surface area contributed by atoms with Gasteiger partial charge in [0.2, 0.25) is 0 Å². The number of aromatic nitrogens is 2. The molecule has 2 aromatic heterocycles. The summed E-state index contributed by atoms with van der Waals surface area (Å²) in [6.07, 6.45) is 1.84. The summed E-state index contributed by atoms with van der Waals surface area (Å²) in [6, 6.07) is 55.9. The second-order valence-corrected chi connectivity index (χ2v) is 14.8. The Hall–Kier alpha value is -5.51. The fourth-order valence-corrected chi connectivity index (χ4v) is 9.71. The van der Waals surface area contributed by atoms with Crippen LogP contribution in [0.3, 0.4) is 0 Å². The van der Waals surface area contributed by atoms with Gasteiger partial charge in [0.1, 0.15) is 0 Å². The van der Waals surface area contributed by atoms with Crippen molar-refractivity contribution in [2.45, 2.75) is 34.5 Å². The summed E-state index contributed by atoms with van der Waals surface area (Å²) in [6.45, 7) is 4.77. The van der Waals surface area contributed by atoms with Crippen LogP contribution in [0, 0.1) is 0 Å². The molecule has 0 saturated carbocycles. The Morgan fingerprint density at radius 1 is 0.449 bits per heavy atom. The maximum atomic E-state index is 5.11. The molecule has 0 N–H and O–H groups in total. The van der Waals surface area contributed by atoms with Crippen molar-refractivity contribution in [2.24, 2.45) is 0 Å². The fraction of sp³-hybridized carbons (Fsp3) is 0.0870.